The van der Waals surface area contributed by atoms with Gasteiger partial charge in [0, 0.05) is 37.2 Å². The van der Waals surface area contributed by atoms with Gasteiger partial charge >= 0.3 is 5.97 Å². The van der Waals surface area contributed by atoms with Crippen LogP contribution >= 0.6 is 0 Å². The van der Waals surface area contributed by atoms with E-state index in [0.29, 0.717) is 18.5 Å². The first-order chi connectivity index (χ1) is 12.3. The van der Waals surface area contributed by atoms with E-state index in [1.165, 1.54) is 4.31 Å². The molecule has 138 valence electrons. The fourth-order valence-electron chi connectivity index (χ4n) is 4.07. The molecule has 2 aliphatic rings. The molecule has 4 rings (SSSR count). The fraction of sp³-hybridized carbons (Fsp3) is 0.444. The molecule has 26 heavy (non-hydrogen) atoms. The van der Waals surface area contributed by atoms with Gasteiger partial charge in [0.1, 0.15) is 4.90 Å². The van der Waals surface area contributed by atoms with Gasteiger partial charge in [0.15, 0.2) is 0 Å². The lowest BCUT2D eigenvalue weighted by atomic mass is 9.74. The van der Waals surface area contributed by atoms with Gasteiger partial charge in [-0.2, -0.15) is 4.31 Å². The number of carbonyl (C=O) groups is 1. The number of fused-ring (bicyclic) bond motifs is 2. The molecule has 3 heterocycles. The van der Waals surface area contributed by atoms with E-state index in [0.717, 1.165) is 10.9 Å². The van der Waals surface area contributed by atoms with E-state index < -0.39 is 21.4 Å². The topological polar surface area (TPSA) is 96.8 Å². The molecule has 1 N–H and O–H groups in total. The lowest BCUT2D eigenvalue weighted by molar-refractivity contribution is -0.157. The minimum absolute atomic E-state index is 0.0268. The number of ether oxygens (including phenoxy) is 1. The third-order valence-electron chi connectivity index (χ3n) is 5.53. The van der Waals surface area contributed by atoms with Crippen LogP contribution in [0.1, 0.15) is 12.0 Å². The number of aromatic nitrogens is 1. The quantitative estimate of drug-likeness (QED) is 0.875. The normalized spacial score (nSPS) is 26.7. The van der Waals surface area contributed by atoms with E-state index in [-0.39, 0.29) is 30.5 Å². The number of rotatable bonds is 3. The Kier molecular flexibility index (Phi) is 4.02. The summed E-state index contributed by atoms with van der Waals surface area (Å²) in [4.78, 5) is 16.3. The Labute approximate surface area is 151 Å². The average molecular weight is 376 g/mol. The number of carboxylic acids is 1. The van der Waals surface area contributed by atoms with Gasteiger partial charge in [-0.3, -0.25) is 9.78 Å². The first kappa shape index (κ1) is 17.4. The van der Waals surface area contributed by atoms with Crippen LogP contribution in [0, 0.1) is 18.3 Å². The van der Waals surface area contributed by atoms with Gasteiger partial charge in [-0.05, 0) is 37.1 Å². The van der Waals surface area contributed by atoms with Gasteiger partial charge in [0.25, 0.3) is 0 Å². The van der Waals surface area contributed by atoms with Crippen molar-refractivity contribution in [1.29, 1.82) is 0 Å². The van der Waals surface area contributed by atoms with Crippen LogP contribution in [0.15, 0.2) is 35.4 Å². The van der Waals surface area contributed by atoms with Crippen LogP contribution in [0.5, 0.6) is 0 Å². The van der Waals surface area contributed by atoms with Crippen LogP contribution in [0.3, 0.4) is 0 Å². The molecule has 2 saturated heterocycles. The summed E-state index contributed by atoms with van der Waals surface area (Å²) >= 11 is 0. The first-order valence-electron chi connectivity index (χ1n) is 8.51. The Bertz CT molecular complexity index is 990. The second kappa shape index (κ2) is 6.00. The second-order valence-corrected chi connectivity index (χ2v) is 9.03. The van der Waals surface area contributed by atoms with Gasteiger partial charge in [-0.25, -0.2) is 8.42 Å². The zero-order valence-corrected chi connectivity index (χ0v) is 15.2. The summed E-state index contributed by atoms with van der Waals surface area (Å²) in [6.45, 7) is 2.57. The molecule has 2 atom stereocenters. The molecule has 8 heteroatoms. The van der Waals surface area contributed by atoms with Crippen molar-refractivity contribution in [2.45, 2.75) is 18.2 Å². The number of hydrogen-bond donors (Lipinski definition) is 1. The zero-order valence-electron chi connectivity index (χ0n) is 14.4. The average Bonchev–Trinajstić information content (AvgIpc) is 3.03. The highest BCUT2D eigenvalue weighted by atomic mass is 32.2. The van der Waals surface area contributed by atoms with Crippen LogP contribution in [-0.2, 0) is 19.6 Å². The van der Waals surface area contributed by atoms with E-state index in [9.17, 15) is 18.3 Å². The molecule has 0 saturated carbocycles. The number of aryl methyl sites for hydroxylation is 1. The molecular formula is C18H20N2O5S. The number of carboxylic acid groups (broad SMARTS) is 1. The third-order valence-corrected chi connectivity index (χ3v) is 7.36. The van der Waals surface area contributed by atoms with E-state index in [1.807, 2.05) is 19.1 Å². The molecule has 0 aliphatic carbocycles. The molecule has 2 fully saturated rings. The Morgan fingerprint density at radius 3 is 2.96 bits per heavy atom. The number of pyridine rings is 1. The highest BCUT2D eigenvalue weighted by Crippen LogP contribution is 2.44. The van der Waals surface area contributed by atoms with Gasteiger partial charge < -0.3 is 9.84 Å². The van der Waals surface area contributed by atoms with E-state index >= 15 is 0 Å². The Balaban J connectivity index is 1.80. The number of hydrogen-bond acceptors (Lipinski definition) is 5. The Morgan fingerprint density at radius 2 is 2.23 bits per heavy atom. The predicted molar refractivity (Wildman–Crippen MR) is 94.2 cm³/mol. The summed E-state index contributed by atoms with van der Waals surface area (Å²) in [6, 6.07) is 7.08. The van der Waals surface area contributed by atoms with Crippen molar-refractivity contribution in [3.05, 3.63) is 36.0 Å². The second-order valence-electron chi connectivity index (χ2n) is 7.12. The van der Waals surface area contributed by atoms with Gasteiger partial charge in [0.2, 0.25) is 10.0 Å². The summed E-state index contributed by atoms with van der Waals surface area (Å²) < 4.78 is 33.4. The molecule has 7 nitrogen and oxygen atoms in total. The largest absolute Gasteiger partial charge is 0.481 e. The summed E-state index contributed by atoms with van der Waals surface area (Å²) in [6.07, 6.45) is 1.89. The van der Waals surface area contributed by atoms with Gasteiger partial charge in [-0.1, -0.05) is 6.07 Å². The highest BCUT2D eigenvalue weighted by molar-refractivity contribution is 7.89. The van der Waals surface area contributed by atoms with E-state index in [1.54, 1.807) is 18.3 Å². The molecule has 1 aromatic heterocycles. The maximum Gasteiger partial charge on any atom is 0.311 e. The predicted octanol–water partition coefficient (Wildman–Crippen LogP) is 1.66. The summed E-state index contributed by atoms with van der Waals surface area (Å²) in [5.74, 6) is -1.29. The number of aliphatic carboxylic acids is 1. The zero-order chi connectivity index (χ0) is 18.5. The highest BCUT2D eigenvalue weighted by Gasteiger charge is 2.56. The van der Waals surface area contributed by atoms with Crippen LogP contribution in [0.2, 0.25) is 0 Å². The Hall–Kier alpha value is -2.03. The van der Waals surface area contributed by atoms with Crippen molar-refractivity contribution in [1.82, 2.24) is 9.29 Å². The maximum absolute atomic E-state index is 13.4. The van der Waals surface area contributed by atoms with Crippen molar-refractivity contribution in [3.63, 3.8) is 0 Å². The molecule has 0 spiro atoms. The Morgan fingerprint density at radius 1 is 1.42 bits per heavy atom. The van der Waals surface area contributed by atoms with Crippen LogP contribution in [0.25, 0.3) is 10.9 Å². The maximum atomic E-state index is 13.4. The third kappa shape index (κ3) is 2.52. The lowest BCUT2D eigenvalue weighted by Crippen LogP contribution is -2.45. The van der Waals surface area contributed by atoms with Crippen LogP contribution in [0.4, 0.5) is 0 Å². The molecule has 0 bridgehead atoms. The molecule has 0 amide bonds. The number of benzene rings is 1. The summed E-state index contributed by atoms with van der Waals surface area (Å²) in [5, 5.41) is 10.5. The van der Waals surface area contributed by atoms with Crippen molar-refractivity contribution >= 4 is 26.9 Å². The van der Waals surface area contributed by atoms with Crippen molar-refractivity contribution in [3.8, 4) is 0 Å². The molecule has 2 aliphatic heterocycles. The standard InChI is InChI=1S/C18H20N2O5S/c1-12-7-13-3-2-5-19-16(13)15(8-12)26(23,24)20-9-14-10-25-6-4-18(14,11-20)17(21)22/h2-3,5,7-8,14H,4,6,9-11H2,1H3,(H,21,22)/t14-,18+/m1/s1. The van der Waals surface area contributed by atoms with E-state index in [2.05, 4.69) is 4.98 Å². The molecular weight excluding hydrogens is 356 g/mol. The lowest BCUT2D eigenvalue weighted by Gasteiger charge is -2.34. The first-order valence-corrected chi connectivity index (χ1v) is 9.95. The minimum Gasteiger partial charge on any atom is -0.481 e. The molecule has 0 radical (unpaired) electrons. The van der Waals surface area contributed by atoms with Crippen LogP contribution < -0.4 is 0 Å². The fourth-order valence-corrected chi connectivity index (χ4v) is 5.88. The smallest absolute Gasteiger partial charge is 0.311 e. The van der Waals surface area contributed by atoms with Crippen molar-refractivity contribution in [2.75, 3.05) is 26.3 Å². The van der Waals surface area contributed by atoms with E-state index in [4.69, 9.17) is 4.74 Å². The van der Waals surface area contributed by atoms with Crippen molar-refractivity contribution < 1.29 is 23.1 Å². The SMILES string of the molecule is Cc1cc(S(=O)(=O)N2C[C@@H]3COCC[C@]3(C(=O)O)C2)c2ncccc2c1. The minimum atomic E-state index is -3.87. The molecule has 0 unspecified atom stereocenters. The van der Waals surface area contributed by atoms with Crippen molar-refractivity contribution in [2.24, 2.45) is 11.3 Å². The van der Waals surface area contributed by atoms with Gasteiger partial charge in [0.05, 0.1) is 17.5 Å². The number of nitrogens with zero attached hydrogens (tertiary/aromatic N) is 2. The van der Waals surface area contributed by atoms with Crippen LogP contribution in [-0.4, -0.2) is 55.1 Å². The number of sulfonamides is 1. The van der Waals surface area contributed by atoms with Gasteiger partial charge in [-0.15, -0.1) is 0 Å². The molecule has 1 aromatic carbocycles. The summed E-state index contributed by atoms with van der Waals surface area (Å²) in [5.41, 5.74) is 0.156. The monoisotopic (exact) mass is 376 g/mol. The molecule has 2 aromatic rings. The summed E-state index contributed by atoms with van der Waals surface area (Å²) in [7, 11) is -3.87.